The first-order chi connectivity index (χ1) is 9.33. The Labute approximate surface area is 120 Å². The highest BCUT2D eigenvalue weighted by Crippen LogP contribution is 2.40. The third-order valence-corrected chi connectivity index (χ3v) is 6.22. The summed E-state index contributed by atoms with van der Waals surface area (Å²) in [6.07, 6.45) is 15.9. The van der Waals surface area contributed by atoms with Crippen LogP contribution in [-0.4, -0.2) is 27.1 Å². The number of thioether (sulfide) groups is 1. The second-order valence-corrected chi connectivity index (χ2v) is 7.32. The van der Waals surface area contributed by atoms with Crippen LogP contribution in [-0.2, 0) is 6.54 Å². The minimum absolute atomic E-state index is 0.451. The fourth-order valence-corrected chi connectivity index (χ4v) is 4.59. The zero-order valence-electron chi connectivity index (χ0n) is 11.9. The normalized spacial score (nSPS) is 26.7. The Kier molecular flexibility index (Phi) is 4.18. The average molecular weight is 279 g/mol. The largest absolute Gasteiger partial charge is 0.332 e. The van der Waals surface area contributed by atoms with E-state index in [2.05, 4.69) is 39.1 Å². The second kappa shape index (κ2) is 5.88. The van der Waals surface area contributed by atoms with Gasteiger partial charge in [0.15, 0.2) is 0 Å². The minimum Gasteiger partial charge on any atom is -0.332 e. The molecular formula is C15H25N3S. The standard InChI is InChI=1S/C15H25N3S/c1-19-15(7-3-2-4-8-15)11-18-12-16-10-14(18)13-6-5-9-17-13/h10,12-13,17H,2-9,11H2,1H3/t13-/m0/s1. The molecule has 106 valence electrons. The van der Waals surface area contributed by atoms with Gasteiger partial charge in [-0.15, -0.1) is 0 Å². The van der Waals surface area contributed by atoms with Gasteiger partial charge >= 0.3 is 0 Å². The van der Waals surface area contributed by atoms with E-state index in [1.165, 1.54) is 50.6 Å². The topological polar surface area (TPSA) is 29.9 Å². The third-order valence-electron chi connectivity index (χ3n) is 4.82. The molecule has 0 amide bonds. The first-order valence-corrected chi connectivity index (χ1v) is 8.84. The molecule has 0 radical (unpaired) electrons. The van der Waals surface area contributed by atoms with Crippen molar-refractivity contribution in [2.45, 2.75) is 62.3 Å². The number of imidazole rings is 1. The molecule has 0 unspecified atom stereocenters. The van der Waals surface area contributed by atoms with Gasteiger partial charge in [0, 0.05) is 23.5 Å². The molecule has 0 bridgehead atoms. The maximum Gasteiger partial charge on any atom is 0.0949 e. The zero-order valence-corrected chi connectivity index (χ0v) is 12.7. The molecule has 3 rings (SSSR count). The molecule has 19 heavy (non-hydrogen) atoms. The molecular weight excluding hydrogens is 254 g/mol. The molecule has 1 aliphatic carbocycles. The molecule has 1 saturated heterocycles. The molecule has 0 spiro atoms. The molecule has 0 aromatic carbocycles. The van der Waals surface area contributed by atoms with E-state index >= 15 is 0 Å². The van der Waals surface area contributed by atoms with Crippen LogP contribution in [0.2, 0.25) is 0 Å². The smallest absolute Gasteiger partial charge is 0.0949 e. The fraction of sp³-hybridized carbons (Fsp3) is 0.800. The van der Waals surface area contributed by atoms with Gasteiger partial charge in [0.25, 0.3) is 0 Å². The molecule has 1 aliphatic heterocycles. The van der Waals surface area contributed by atoms with E-state index in [9.17, 15) is 0 Å². The van der Waals surface area contributed by atoms with Crippen molar-refractivity contribution in [3.63, 3.8) is 0 Å². The summed E-state index contributed by atoms with van der Waals surface area (Å²) in [4.78, 5) is 4.41. The van der Waals surface area contributed by atoms with E-state index < -0.39 is 0 Å². The van der Waals surface area contributed by atoms with Gasteiger partial charge in [-0.05, 0) is 38.5 Å². The first-order valence-electron chi connectivity index (χ1n) is 7.62. The van der Waals surface area contributed by atoms with Gasteiger partial charge in [0.1, 0.15) is 0 Å². The lowest BCUT2D eigenvalue weighted by Crippen LogP contribution is -2.34. The predicted molar refractivity (Wildman–Crippen MR) is 81.5 cm³/mol. The number of aromatic nitrogens is 2. The van der Waals surface area contributed by atoms with E-state index in [1.54, 1.807) is 0 Å². The van der Waals surface area contributed by atoms with Gasteiger partial charge < -0.3 is 9.88 Å². The van der Waals surface area contributed by atoms with Crippen LogP contribution in [0.5, 0.6) is 0 Å². The SMILES string of the molecule is CSC1(Cn2cncc2[C@@H]2CCCN2)CCCCC1. The molecule has 2 heterocycles. The van der Waals surface area contributed by atoms with E-state index in [0.717, 1.165) is 13.1 Å². The Morgan fingerprint density at radius 3 is 2.89 bits per heavy atom. The highest BCUT2D eigenvalue weighted by molar-refractivity contribution is 8.00. The molecule has 1 N–H and O–H groups in total. The lowest BCUT2D eigenvalue weighted by molar-refractivity contribution is 0.351. The molecule has 1 aromatic rings. The number of hydrogen-bond acceptors (Lipinski definition) is 3. The summed E-state index contributed by atoms with van der Waals surface area (Å²) >= 11 is 2.07. The summed E-state index contributed by atoms with van der Waals surface area (Å²) in [6, 6.07) is 0.532. The van der Waals surface area contributed by atoms with Gasteiger partial charge in [0.05, 0.1) is 12.0 Å². The average Bonchev–Trinajstić information content (AvgIpc) is 3.10. The Hall–Kier alpha value is -0.480. The van der Waals surface area contributed by atoms with Crippen LogP contribution in [0.3, 0.4) is 0 Å². The third kappa shape index (κ3) is 2.84. The van der Waals surface area contributed by atoms with E-state index in [4.69, 9.17) is 0 Å². The lowest BCUT2D eigenvalue weighted by Gasteiger charge is -2.36. The molecule has 1 atom stereocenters. The summed E-state index contributed by atoms with van der Waals surface area (Å²) in [5.41, 5.74) is 1.40. The van der Waals surface area contributed by atoms with Crippen molar-refractivity contribution in [1.82, 2.24) is 14.9 Å². The van der Waals surface area contributed by atoms with Gasteiger partial charge in [-0.3, -0.25) is 0 Å². The van der Waals surface area contributed by atoms with Gasteiger partial charge in [0.2, 0.25) is 0 Å². The molecule has 2 aliphatic rings. The summed E-state index contributed by atoms with van der Waals surface area (Å²) in [7, 11) is 0. The van der Waals surface area contributed by atoms with Gasteiger partial charge in [-0.1, -0.05) is 19.3 Å². The van der Waals surface area contributed by atoms with Gasteiger partial charge in [-0.25, -0.2) is 4.98 Å². The maximum absolute atomic E-state index is 4.41. The van der Waals surface area contributed by atoms with Crippen LogP contribution < -0.4 is 5.32 Å². The monoisotopic (exact) mass is 279 g/mol. The Morgan fingerprint density at radius 2 is 2.21 bits per heavy atom. The number of hydrogen-bond donors (Lipinski definition) is 1. The summed E-state index contributed by atoms with van der Waals surface area (Å²) < 4.78 is 2.87. The summed E-state index contributed by atoms with van der Waals surface area (Å²) in [5.74, 6) is 0. The van der Waals surface area contributed by atoms with E-state index in [1.807, 2.05) is 6.33 Å². The van der Waals surface area contributed by atoms with Crippen LogP contribution >= 0.6 is 11.8 Å². The van der Waals surface area contributed by atoms with Crippen LogP contribution in [0, 0.1) is 0 Å². The van der Waals surface area contributed by atoms with E-state index in [-0.39, 0.29) is 0 Å². The quantitative estimate of drug-likeness (QED) is 0.916. The van der Waals surface area contributed by atoms with Crippen LogP contribution in [0.4, 0.5) is 0 Å². The Bertz CT molecular complexity index is 403. The zero-order chi connectivity index (χ0) is 13.1. The predicted octanol–water partition coefficient (Wildman–Crippen LogP) is 3.37. The van der Waals surface area contributed by atoms with Crippen LogP contribution in [0.25, 0.3) is 0 Å². The highest BCUT2D eigenvalue weighted by Gasteiger charge is 2.32. The fourth-order valence-electron chi connectivity index (χ4n) is 3.62. The summed E-state index contributed by atoms with van der Waals surface area (Å²) in [6.45, 7) is 2.30. The molecule has 1 saturated carbocycles. The van der Waals surface area contributed by atoms with Crippen LogP contribution in [0.1, 0.15) is 56.7 Å². The molecule has 4 heteroatoms. The number of nitrogens with one attached hydrogen (secondary N) is 1. The van der Waals surface area contributed by atoms with Crippen molar-refractivity contribution in [2.75, 3.05) is 12.8 Å². The van der Waals surface area contributed by atoms with Crippen molar-refractivity contribution < 1.29 is 0 Å². The second-order valence-electron chi connectivity index (χ2n) is 6.04. The first kappa shape index (κ1) is 13.5. The highest BCUT2D eigenvalue weighted by atomic mass is 32.2. The van der Waals surface area contributed by atoms with Crippen molar-refractivity contribution in [1.29, 1.82) is 0 Å². The van der Waals surface area contributed by atoms with Crippen LogP contribution in [0.15, 0.2) is 12.5 Å². The number of rotatable bonds is 4. The summed E-state index contributed by atoms with van der Waals surface area (Å²) in [5, 5.41) is 3.60. The minimum atomic E-state index is 0.451. The molecule has 1 aromatic heterocycles. The van der Waals surface area contributed by atoms with Crippen molar-refractivity contribution in [2.24, 2.45) is 0 Å². The molecule has 2 fully saturated rings. The lowest BCUT2D eigenvalue weighted by atomic mass is 9.88. The van der Waals surface area contributed by atoms with Gasteiger partial charge in [-0.2, -0.15) is 11.8 Å². The Morgan fingerprint density at radius 1 is 1.37 bits per heavy atom. The number of nitrogens with zero attached hydrogens (tertiary/aromatic N) is 2. The maximum atomic E-state index is 4.41. The van der Waals surface area contributed by atoms with Crippen molar-refractivity contribution in [3.05, 3.63) is 18.2 Å². The van der Waals surface area contributed by atoms with Crippen molar-refractivity contribution in [3.8, 4) is 0 Å². The van der Waals surface area contributed by atoms with E-state index in [0.29, 0.717) is 10.8 Å². The Balaban J connectivity index is 1.76. The van der Waals surface area contributed by atoms with Crippen molar-refractivity contribution >= 4 is 11.8 Å². The molecule has 3 nitrogen and oxygen atoms in total.